The van der Waals surface area contributed by atoms with Gasteiger partial charge in [0.15, 0.2) is 0 Å². The fourth-order valence-electron chi connectivity index (χ4n) is 3.48. The number of carbonyl (C=O) groups excluding carboxylic acids is 1. The van der Waals surface area contributed by atoms with Crippen molar-refractivity contribution in [2.45, 2.75) is 30.4 Å². The van der Waals surface area contributed by atoms with Crippen LogP contribution in [0.1, 0.15) is 23.6 Å². The van der Waals surface area contributed by atoms with Gasteiger partial charge in [-0.2, -0.15) is 0 Å². The van der Waals surface area contributed by atoms with Crippen LogP contribution in [0.25, 0.3) is 0 Å². The highest BCUT2D eigenvalue weighted by Crippen LogP contribution is 2.35. The van der Waals surface area contributed by atoms with Gasteiger partial charge in [0.05, 0.1) is 12.6 Å². The van der Waals surface area contributed by atoms with Gasteiger partial charge in [0, 0.05) is 22.9 Å². The number of thioether (sulfide) groups is 1. The number of nitrogens with zero attached hydrogens (tertiary/aromatic N) is 2. The summed E-state index contributed by atoms with van der Waals surface area (Å²) in [5.41, 5.74) is 1.06. The van der Waals surface area contributed by atoms with Gasteiger partial charge in [0.25, 0.3) is 5.56 Å². The van der Waals surface area contributed by atoms with Gasteiger partial charge in [0.2, 0.25) is 5.91 Å². The maximum atomic E-state index is 12.8. The van der Waals surface area contributed by atoms with Crippen LogP contribution in [0, 0.1) is 0 Å². The minimum atomic E-state index is -0.490. The summed E-state index contributed by atoms with van der Waals surface area (Å²) in [7, 11) is 0. The van der Waals surface area contributed by atoms with E-state index >= 15 is 0 Å². The molecule has 29 heavy (non-hydrogen) atoms. The molecule has 1 aromatic heterocycles. The molecule has 0 aliphatic carbocycles. The zero-order valence-corrected chi connectivity index (χ0v) is 16.6. The van der Waals surface area contributed by atoms with Crippen LogP contribution in [0.2, 0.25) is 0 Å². The molecule has 0 fully saturated rings. The molecule has 0 radical (unpaired) electrons. The van der Waals surface area contributed by atoms with E-state index in [1.807, 2.05) is 54.6 Å². The molecule has 2 aromatic carbocycles. The molecule has 3 aromatic rings. The molecule has 1 aliphatic rings. The number of fused-ring (bicyclic) bond motifs is 1. The summed E-state index contributed by atoms with van der Waals surface area (Å²) in [6.45, 7) is 0.0495. The number of nitrogens with one attached hydrogen (secondary N) is 1. The molecule has 0 spiro atoms. The molecule has 6 nitrogen and oxygen atoms in total. The van der Waals surface area contributed by atoms with Crippen LogP contribution < -0.4 is 16.6 Å². The van der Waals surface area contributed by atoms with Gasteiger partial charge in [-0.3, -0.25) is 18.7 Å². The number of aromatic nitrogens is 2. The maximum Gasteiger partial charge on any atom is 0.331 e. The Morgan fingerprint density at radius 3 is 2.62 bits per heavy atom. The monoisotopic (exact) mass is 407 g/mol. The van der Waals surface area contributed by atoms with Crippen LogP contribution in [-0.4, -0.2) is 20.8 Å². The molecule has 7 heteroatoms. The molecule has 148 valence electrons. The first-order valence-corrected chi connectivity index (χ1v) is 10.5. The van der Waals surface area contributed by atoms with Crippen LogP contribution in [0.15, 0.2) is 81.3 Å². The van der Waals surface area contributed by atoms with E-state index < -0.39 is 11.2 Å². The Morgan fingerprint density at radius 2 is 1.79 bits per heavy atom. The molecule has 1 N–H and O–H groups in total. The lowest BCUT2D eigenvalue weighted by molar-refractivity contribution is -0.122. The van der Waals surface area contributed by atoms with E-state index in [2.05, 4.69) is 5.32 Å². The Balaban J connectivity index is 1.52. The molecule has 4 rings (SSSR count). The first-order valence-electron chi connectivity index (χ1n) is 9.47. The second kappa shape index (κ2) is 8.53. The third-order valence-corrected chi connectivity index (χ3v) is 6.05. The average molecular weight is 407 g/mol. The number of hydrogen-bond donors (Lipinski definition) is 1. The predicted octanol–water partition coefficient (Wildman–Crippen LogP) is 2.41. The second-order valence-electron chi connectivity index (χ2n) is 6.93. The van der Waals surface area contributed by atoms with Crippen LogP contribution in [0.5, 0.6) is 0 Å². The van der Waals surface area contributed by atoms with Crippen LogP contribution in [0.4, 0.5) is 0 Å². The van der Waals surface area contributed by atoms with Gasteiger partial charge in [0.1, 0.15) is 6.54 Å². The summed E-state index contributed by atoms with van der Waals surface area (Å²) in [6.07, 6.45) is 2.29. The molecule has 0 bridgehead atoms. The number of benzene rings is 2. The van der Waals surface area contributed by atoms with E-state index in [-0.39, 0.29) is 18.5 Å². The minimum Gasteiger partial charge on any atom is -0.348 e. The lowest BCUT2D eigenvalue weighted by Gasteiger charge is -2.26. The average Bonchev–Trinajstić information content (AvgIpc) is 2.74. The fourth-order valence-corrected chi connectivity index (χ4v) is 4.60. The second-order valence-corrected chi connectivity index (χ2v) is 8.07. The van der Waals surface area contributed by atoms with Gasteiger partial charge >= 0.3 is 5.69 Å². The Bertz CT molecular complexity index is 1140. The Kier molecular flexibility index (Phi) is 5.67. The summed E-state index contributed by atoms with van der Waals surface area (Å²) in [5, 5.41) is 2.99. The van der Waals surface area contributed by atoms with Gasteiger partial charge in [-0.05, 0) is 23.6 Å². The van der Waals surface area contributed by atoms with Crippen molar-refractivity contribution in [1.29, 1.82) is 0 Å². The molecule has 2 heterocycles. The summed E-state index contributed by atoms with van der Waals surface area (Å²) in [5.74, 6) is 0.574. The van der Waals surface area contributed by atoms with E-state index in [4.69, 9.17) is 0 Å². The Morgan fingerprint density at radius 1 is 1.03 bits per heavy atom. The van der Waals surface area contributed by atoms with E-state index in [1.165, 1.54) is 16.8 Å². The first kappa shape index (κ1) is 19.3. The van der Waals surface area contributed by atoms with E-state index in [9.17, 15) is 14.4 Å². The molecule has 1 unspecified atom stereocenters. The van der Waals surface area contributed by atoms with Crippen molar-refractivity contribution in [3.05, 3.63) is 98.8 Å². The summed E-state index contributed by atoms with van der Waals surface area (Å²) < 4.78 is 2.43. The largest absolute Gasteiger partial charge is 0.348 e. The SMILES string of the molecule is O=C(Cn1c(=O)ccn(Cc2ccccc2)c1=O)NC1CCSc2ccccc21. The quantitative estimate of drug-likeness (QED) is 0.705. The van der Waals surface area contributed by atoms with Crippen LogP contribution in [0.3, 0.4) is 0 Å². The standard InChI is InChI=1S/C22H21N3O3S/c26-20(23-18-11-13-29-19-9-5-4-8-17(18)19)15-25-21(27)10-12-24(22(25)28)14-16-6-2-1-3-7-16/h1-10,12,18H,11,13-15H2,(H,23,26). The minimum absolute atomic E-state index is 0.106. The van der Waals surface area contributed by atoms with E-state index in [0.717, 1.165) is 32.8 Å². The van der Waals surface area contributed by atoms with Crippen molar-refractivity contribution in [2.24, 2.45) is 0 Å². The zero-order chi connectivity index (χ0) is 20.2. The van der Waals surface area contributed by atoms with E-state index in [1.54, 1.807) is 11.8 Å². The molecule has 0 saturated heterocycles. The van der Waals surface area contributed by atoms with Gasteiger partial charge in [-0.25, -0.2) is 4.79 Å². The van der Waals surface area contributed by atoms with Crippen molar-refractivity contribution in [1.82, 2.24) is 14.5 Å². The maximum absolute atomic E-state index is 12.8. The third kappa shape index (κ3) is 4.35. The molecule has 1 atom stereocenters. The lowest BCUT2D eigenvalue weighted by Crippen LogP contribution is -2.44. The smallest absolute Gasteiger partial charge is 0.331 e. The molecular formula is C22H21N3O3S. The lowest BCUT2D eigenvalue weighted by atomic mass is 10.0. The Labute approximate surface area is 172 Å². The fraction of sp³-hybridized carbons (Fsp3) is 0.227. The van der Waals surface area contributed by atoms with Crippen molar-refractivity contribution in [2.75, 3.05) is 5.75 Å². The highest BCUT2D eigenvalue weighted by Gasteiger charge is 2.22. The third-order valence-electron chi connectivity index (χ3n) is 4.93. The van der Waals surface area contributed by atoms with Crippen molar-refractivity contribution in [3.8, 4) is 0 Å². The van der Waals surface area contributed by atoms with Gasteiger partial charge < -0.3 is 5.32 Å². The van der Waals surface area contributed by atoms with Gasteiger partial charge in [-0.15, -0.1) is 11.8 Å². The van der Waals surface area contributed by atoms with E-state index in [0.29, 0.717) is 6.54 Å². The first-order chi connectivity index (χ1) is 14.1. The Hall–Kier alpha value is -3.06. The normalized spacial score (nSPS) is 15.5. The van der Waals surface area contributed by atoms with Crippen molar-refractivity contribution in [3.63, 3.8) is 0 Å². The number of carbonyl (C=O) groups is 1. The van der Waals surface area contributed by atoms with Gasteiger partial charge in [-0.1, -0.05) is 48.5 Å². The number of rotatable bonds is 5. The zero-order valence-electron chi connectivity index (χ0n) is 15.8. The predicted molar refractivity (Wildman–Crippen MR) is 113 cm³/mol. The number of amides is 1. The molecular weight excluding hydrogens is 386 g/mol. The van der Waals surface area contributed by atoms with Crippen LogP contribution >= 0.6 is 11.8 Å². The number of hydrogen-bond acceptors (Lipinski definition) is 4. The summed E-state index contributed by atoms with van der Waals surface area (Å²) in [4.78, 5) is 38.8. The van der Waals surface area contributed by atoms with Crippen molar-refractivity contribution < 1.29 is 4.79 Å². The summed E-state index contributed by atoms with van der Waals surface area (Å²) in [6, 6.07) is 18.7. The molecule has 1 amide bonds. The van der Waals surface area contributed by atoms with Crippen LogP contribution in [-0.2, 0) is 17.9 Å². The van der Waals surface area contributed by atoms with Crippen molar-refractivity contribution >= 4 is 17.7 Å². The molecule has 0 saturated carbocycles. The summed E-state index contributed by atoms with van der Waals surface area (Å²) >= 11 is 1.77. The highest BCUT2D eigenvalue weighted by atomic mass is 32.2. The highest BCUT2D eigenvalue weighted by molar-refractivity contribution is 7.99. The molecule has 1 aliphatic heterocycles. The topological polar surface area (TPSA) is 73.1 Å².